The fourth-order valence-corrected chi connectivity index (χ4v) is 2.94. The van der Waals surface area contributed by atoms with Gasteiger partial charge in [0.2, 0.25) is 5.91 Å². The summed E-state index contributed by atoms with van der Waals surface area (Å²) in [5.74, 6) is -0.201. The van der Waals surface area contributed by atoms with Gasteiger partial charge in [-0.25, -0.2) is 5.21 Å². The van der Waals surface area contributed by atoms with Gasteiger partial charge < -0.3 is 0 Å². The number of amides is 1. The van der Waals surface area contributed by atoms with Crippen molar-refractivity contribution in [2.24, 2.45) is 0 Å². The van der Waals surface area contributed by atoms with E-state index in [1.165, 1.54) is 17.0 Å². The minimum Gasteiger partial charge on any atom is -0.277 e. The van der Waals surface area contributed by atoms with Gasteiger partial charge in [0.05, 0.1) is 32.7 Å². The van der Waals surface area contributed by atoms with Crippen molar-refractivity contribution in [2.75, 3.05) is 4.90 Å². The van der Waals surface area contributed by atoms with E-state index in [0.29, 0.717) is 27.0 Å². The van der Waals surface area contributed by atoms with E-state index in [0.717, 1.165) is 0 Å². The molecule has 3 rings (SSSR count). The Hall–Kier alpha value is -2.11. The van der Waals surface area contributed by atoms with Crippen molar-refractivity contribution < 1.29 is 14.9 Å². The van der Waals surface area contributed by atoms with Crippen LogP contribution in [0.2, 0.25) is 10.0 Å². The number of hydrogen-bond acceptors (Lipinski definition) is 2. The maximum atomic E-state index is 12.3. The van der Waals surface area contributed by atoms with Gasteiger partial charge >= 0.3 is 5.69 Å². The predicted molar refractivity (Wildman–Crippen MR) is 78.8 cm³/mol. The SMILES string of the molecule is O=C1Cc2cc([N+](=O)O)ccc2N1c1c(Cl)cccc1Cl. The van der Waals surface area contributed by atoms with Crippen LogP contribution >= 0.6 is 23.2 Å². The van der Waals surface area contributed by atoms with Gasteiger partial charge in [-0.15, -0.1) is 0 Å². The second-order valence-corrected chi connectivity index (χ2v) is 5.38. The van der Waals surface area contributed by atoms with Crippen molar-refractivity contribution in [3.05, 3.63) is 56.9 Å². The maximum Gasteiger partial charge on any atom is 0.317 e. The Morgan fingerprint density at radius 3 is 2.43 bits per heavy atom. The summed E-state index contributed by atoms with van der Waals surface area (Å²) >= 11 is 12.3. The summed E-state index contributed by atoms with van der Waals surface area (Å²) in [4.78, 5) is 24.4. The van der Waals surface area contributed by atoms with E-state index in [4.69, 9.17) is 28.4 Å². The van der Waals surface area contributed by atoms with Crippen molar-refractivity contribution in [2.45, 2.75) is 6.42 Å². The highest BCUT2D eigenvalue weighted by atomic mass is 35.5. The van der Waals surface area contributed by atoms with Crippen LogP contribution in [0.15, 0.2) is 36.4 Å². The number of fused-ring (bicyclic) bond motifs is 1. The molecule has 0 aliphatic carbocycles. The Kier molecular flexibility index (Phi) is 3.31. The van der Waals surface area contributed by atoms with Gasteiger partial charge in [-0.2, -0.15) is 0 Å². The topological polar surface area (TPSA) is 60.6 Å². The molecule has 5 nitrogen and oxygen atoms in total. The minimum atomic E-state index is -0.240. The first kappa shape index (κ1) is 13.9. The third-order valence-electron chi connectivity index (χ3n) is 3.28. The summed E-state index contributed by atoms with van der Waals surface area (Å²) < 4.78 is 0. The Morgan fingerprint density at radius 1 is 1.14 bits per heavy atom. The molecule has 0 saturated carbocycles. The van der Waals surface area contributed by atoms with Gasteiger partial charge in [0.25, 0.3) is 4.92 Å². The summed E-state index contributed by atoms with van der Waals surface area (Å²) in [7, 11) is 0. The number of hydrogen-bond donors (Lipinski definition) is 1. The van der Waals surface area contributed by atoms with Gasteiger partial charge in [-0.05, 0) is 23.8 Å². The largest absolute Gasteiger partial charge is 0.317 e. The molecule has 0 spiro atoms. The third-order valence-corrected chi connectivity index (χ3v) is 3.89. The normalized spacial score (nSPS) is 13.4. The van der Waals surface area contributed by atoms with Crippen molar-refractivity contribution >= 4 is 46.2 Å². The highest BCUT2D eigenvalue weighted by Crippen LogP contribution is 2.43. The summed E-state index contributed by atoms with van der Waals surface area (Å²) in [6.07, 6.45) is 0.110. The molecule has 1 aliphatic rings. The van der Waals surface area contributed by atoms with E-state index in [1.54, 1.807) is 24.3 Å². The van der Waals surface area contributed by atoms with Crippen molar-refractivity contribution in [3.8, 4) is 0 Å². The molecule has 0 bridgehead atoms. The summed E-state index contributed by atoms with van der Waals surface area (Å²) in [5.41, 5.74) is 1.71. The van der Waals surface area contributed by atoms with Crippen LogP contribution in [0.25, 0.3) is 0 Å². The van der Waals surface area contributed by atoms with Crippen molar-refractivity contribution in [1.29, 1.82) is 0 Å². The van der Waals surface area contributed by atoms with Crippen LogP contribution in [0.5, 0.6) is 0 Å². The van der Waals surface area contributed by atoms with E-state index in [9.17, 15) is 9.70 Å². The van der Waals surface area contributed by atoms with Crippen LogP contribution in [-0.2, 0) is 11.2 Å². The Balaban J connectivity index is 2.16. The Morgan fingerprint density at radius 2 is 1.81 bits per heavy atom. The molecule has 7 heteroatoms. The van der Waals surface area contributed by atoms with Crippen LogP contribution in [0.1, 0.15) is 5.56 Å². The van der Waals surface area contributed by atoms with Crippen molar-refractivity contribution in [1.82, 2.24) is 0 Å². The molecule has 2 aromatic rings. The Labute approximate surface area is 129 Å². The molecule has 1 aliphatic heterocycles. The van der Waals surface area contributed by atoms with E-state index in [2.05, 4.69) is 0 Å². The highest BCUT2D eigenvalue weighted by molar-refractivity contribution is 6.40. The van der Waals surface area contributed by atoms with E-state index in [1.807, 2.05) is 0 Å². The van der Waals surface area contributed by atoms with Crippen LogP contribution < -0.4 is 4.90 Å². The predicted octanol–water partition coefficient (Wildman–Crippen LogP) is 4.01. The van der Waals surface area contributed by atoms with Crippen LogP contribution in [0, 0.1) is 4.91 Å². The first-order chi connectivity index (χ1) is 9.99. The second kappa shape index (κ2) is 5.02. The van der Waals surface area contributed by atoms with Crippen LogP contribution in [0.4, 0.5) is 17.1 Å². The molecule has 106 valence electrons. The standard InChI is InChI=1S/C14H9Cl2N2O3/c15-10-2-1-3-11(16)14(10)17-12-5-4-9(18(20)21)6-8(12)7-13(17)19/h1-6H,7H2,(H,20,21)/q+1. The molecule has 0 aromatic heterocycles. The number of nitrogens with zero attached hydrogens (tertiary/aromatic N) is 2. The number of carbonyl (C=O) groups is 1. The quantitative estimate of drug-likeness (QED) is 0.849. The molecular formula is C14H9Cl2N2O3+. The lowest BCUT2D eigenvalue weighted by atomic mass is 10.1. The summed E-state index contributed by atoms with van der Waals surface area (Å²) in [6, 6.07) is 9.45. The number of halogens is 2. The molecule has 21 heavy (non-hydrogen) atoms. The van der Waals surface area contributed by atoms with Gasteiger partial charge in [0.15, 0.2) is 0 Å². The lowest BCUT2D eigenvalue weighted by Crippen LogP contribution is -2.21. The zero-order valence-electron chi connectivity index (χ0n) is 10.6. The first-order valence-electron chi connectivity index (χ1n) is 6.05. The molecule has 0 radical (unpaired) electrons. The average Bonchev–Trinajstić information content (AvgIpc) is 2.74. The maximum absolute atomic E-state index is 12.3. The molecule has 1 heterocycles. The first-order valence-corrected chi connectivity index (χ1v) is 6.80. The molecule has 1 amide bonds. The molecule has 0 unspecified atom stereocenters. The molecule has 0 fully saturated rings. The number of rotatable bonds is 2. The second-order valence-electron chi connectivity index (χ2n) is 4.56. The lowest BCUT2D eigenvalue weighted by Gasteiger charge is -2.20. The lowest BCUT2D eigenvalue weighted by molar-refractivity contribution is -0.729. The third kappa shape index (κ3) is 2.24. The fraction of sp³-hybridized carbons (Fsp3) is 0.0714. The summed E-state index contributed by atoms with van der Waals surface area (Å²) in [6.45, 7) is 0. The highest BCUT2D eigenvalue weighted by Gasteiger charge is 2.33. The van der Waals surface area contributed by atoms with Gasteiger partial charge in [0, 0.05) is 12.1 Å². The van der Waals surface area contributed by atoms with E-state index in [-0.39, 0.29) is 22.9 Å². The monoisotopic (exact) mass is 323 g/mol. The average molecular weight is 324 g/mol. The van der Waals surface area contributed by atoms with E-state index < -0.39 is 0 Å². The van der Waals surface area contributed by atoms with Crippen molar-refractivity contribution in [3.63, 3.8) is 0 Å². The molecular weight excluding hydrogens is 315 g/mol. The number of anilines is 2. The zero-order chi connectivity index (χ0) is 15.1. The number of carbonyl (C=O) groups excluding carboxylic acids is 1. The van der Waals surface area contributed by atoms with Gasteiger partial charge in [-0.3, -0.25) is 9.69 Å². The summed E-state index contributed by atoms with van der Waals surface area (Å²) in [5, 5.41) is 9.65. The molecule has 1 N–H and O–H groups in total. The van der Waals surface area contributed by atoms with Gasteiger partial charge in [-0.1, -0.05) is 29.3 Å². The molecule has 0 atom stereocenters. The van der Waals surface area contributed by atoms with Crippen LogP contribution in [-0.4, -0.2) is 16.0 Å². The van der Waals surface area contributed by atoms with Gasteiger partial charge in [0.1, 0.15) is 0 Å². The molecule has 2 aromatic carbocycles. The fourth-order valence-electron chi connectivity index (χ4n) is 2.37. The number of benzene rings is 2. The zero-order valence-corrected chi connectivity index (χ0v) is 12.1. The number of para-hydroxylation sites is 1. The van der Waals surface area contributed by atoms with E-state index >= 15 is 0 Å². The minimum absolute atomic E-state index is 0.0636. The molecule has 0 saturated heterocycles. The van der Waals surface area contributed by atoms with Crippen LogP contribution in [0.3, 0.4) is 0 Å². The smallest absolute Gasteiger partial charge is 0.277 e. The Bertz CT molecular complexity index is 757.